The molecule has 0 saturated heterocycles. The van der Waals surface area contributed by atoms with E-state index in [2.05, 4.69) is 15.1 Å². The molecule has 3 heterocycles. The Morgan fingerprint density at radius 1 is 1.07 bits per heavy atom. The van der Waals surface area contributed by atoms with Crippen LogP contribution >= 0.6 is 11.6 Å². The van der Waals surface area contributed by atoms with Crippen LogP contribution in [0.4, 0.5) is 13.2 Å². The molecule has 0 bridgehead atoms. The summed E-state index contributed by atoms with van der Waals surface area (Å²) in [7, 11) is 0. The minimum absolute atomic E-state index is 0.499. The minimum atomic E-state index is -4.46. The largest absolute Gasteiger partial charge is 0.417 e. The number of pyridine rings is 1. The van der Waals surface area contributed by atoms with Gasteiger partial charge in [0.2, 0.25) is 0 Å². The summed E-state index contributed by atoms with van der Waals surface area (Å²) >= 11 is 6.10. The van der Waals surface area contributed by atoms with Crippen molar-refractivity contribution in [3.63, 3.8) is 0 Å². The monoisotopic (exact) mass is 388 g/mol. The Morgan fingerprint density at radius 2 is 1.89 bits per heavy atom. The number of halogens is 4. The first-order chi connectivity index (χ1) is 12.8. The van der Waals surface area contributed by atoms with Gasteiger partial charge in [-0.2, -0.15) is 18.3 Å². The van der Waals surface area contributed by atoms with Crippen molar-refractivity contribution in [2.24, 2.45) is 0 Å². The Bertz CT molecular complexity index is 1150. The van der Waals surface area contributed by atoms with Gasteiger partial charge in [-0.05, 0) is 36.8 Å². The molecule has 0 radical (unpaired) electrons. The Balaban J connectivity index is 2.06. The predicted molar refractivity (Wildman–Crippen MR) is 96.4 cm³/mol. The van der Waals surface area contributed by atoms with Crippen LogP contribution in [0.2, 0.25) is 5.02 Å². The molecule has 4 nitrogen and oxygen atoms in total. The second kappa shape index (κ2) is 6.35. The smallest absolute Gasteiger partial charge is 0.245 e. The summed E-state index contributed by atoms with van der Waals surface area (Å²) in [5.74, 6) is 0. The van der Waals surface area contributed by atoms with Crippen molar-refractivity contribution < 1.29 is 13.2 Å². The van der Waals surface area contributed by atoms with Crippen LogP contribution in [0.15, 0.2) is 55.1 Å². The standard InChI is InChI=1S/C19H12ClF3N4/c1-11-8-24-10-25-17(11)16-15-6-5-13(19(21,22)23)9-27(15)26-18(16)12-3-2-4-14(20)7-12/h2-10H,1H3. The third-order valence-electron chi connectivity index (χ3n) is 4.19. The second-order valence-electron chi connectivity index (χ2n) is 6.03. The van der Waals surface area contributed by atoms with Crippen LogP contribution in [-0.4, -0.2) is 19.6 Å². The van der Waals surface area contributed by atoms with Gasteiger partial charge in [0.1, 0.15) is 12.0 Å². The molecular weight excluding hydrogens is 377 g/mol. The highest BCUT2D eigenvalue weighted by molar-refractivity contribution is 6.30. The van der Waals surface area contributed by atoms with E-state index in [1.807, 2.05) is 6.92 Å². The SMILES string of the molecule is Cc1cncnc1-c1c(-c2cccc(Cl)c2)nn2cc(C(F)(F)F)ccc12. The van der Waals surface area contributed by atoms with Crippen LogP contribution in [0, 0.1) is 6.92 Å². The first-order valence-electron chi connectivity index (χ1n) is 7.97. The summed E-state index contributed by atoms with van der Waals surface area (Å²) in [5, 5.41) is 4.92. The average Bonchev–Trinajstić information content (AvgIpc) is 3.00. The van der Waals surface area contributed by atoms with E-state index in [1.54, 1.807) is 30.5 Å². The van der Waals surface area contributed by atoms with Gasteiger partial charge in [-0.25, -0.2) is 14.5 Å². The second-order valence-corrected chi connectivity index (χ2v) is 6.47. The van der Waals surface area contributed by atoms with Crippen LogP contribution in [-0.2, 0) is 6.18 Å². The molecule has 136 valence electrons. The van der Waals surface area contributed by atoms with Crippen LogP contribution < -0.4 is 0 Å². The lowest BCUT2D eigenvalue weighted by Crippen LogP contribution is -2.06. The average molecular weight is 389 g/mol. The van der Waals surface area contributed by atoms with Gasteiger partial charge in [0.05, 0.1) is 22.3 Å². The molecule has 0 fully saturated rings. The van der Waals surface area contributed by atoms with E-state index in [9.17, 15) is 13.2 Å². The first kappa shape index (κ1) is 17.5. The van der Waals surface area contributed by atoms with Gasteiger partial charge in [-0.3, -0.25) is 0 Å². The number of fused-ring (bicyclic) bond motifs is 1. The summed E-state index contributed by atoms with van der Waals surface area (Å²) in [4.78, 5) is 8.32. The molecule has 0 N–H and O–H groups in total. The van der Waals surface area contributed by atoms with Crippen molar-refractivity contribution in [3.05, 3.63) is 71.3 Å². The number of hydrogen-bond donors (Lipinski definition) is 0. The Hall–Kier alpha value is -2.93. The van der Waals surface area contributed by atoms with Gasteiger partial charge in [-0.15, -0.1) is 0 Å². The van der Waals surface area contributed by atoms with E-state index in [1.165, 1.54) is 16.9 Å². The van der Waals surface area contributed by atoms with Crippen molar-refractivity contribution in [2.75, 3.05) is 0 Å². The number of rotatable bonds is 2. The van der Waals surface area contributed by atoms with Gasteiger partial charge >= 0.3 is 6.18 Å². The highest BCUT2D eigenvalue weighted by Crippen LogP contribution is 2.37. The summed E-state index contributed by atoms with van der Waals surface area (Å²) in [6, 6.07) is 9.45. The zero-order chi connectivity index (χ0) is 19.2. The van der Waals surface area contributed by atoms with Crippen molar-refractivity contribution in [2.45, 2.75) is 13.1 Å². The maximum atomic E-state index is 13.1. The van der Waals surface area contributed by atoms with Crippen LogP contribution in [0.25, 0.3) is 28.0 Å². The van der Waals surface area contributed by atoms with Crippen LogP contribution in [0.5, 0.6) is 0 Å². The van der Waals surface area contributed by atoms with Crippen molar-refractivity contribution in [1.82, 2.24) is 19.6 Å². The lowest BCUT2D eigenvalue weighted by Gasteiger charge is -2.07. The number of nitrogens with zero attached hydrogens (tertiary/aromatic N) is 4. The molecule has 27 heavy (non-hydrogen) atoms. The number of aryl methyl sites for hydroxylation is 1. The molecule has 0 unspecified atom stereocenters. The maximum absolute atomic E-state index is 13.1. The van der Waals surface area contributed by atoms with E-state index in [-0.39, 0.29) is 0 Å². The van der Waals surface area contributed by atoms with Gasteiger partial charge in [-0.1, -0.05) is 23.7 Å². The molecule has 4 rings (SSSR count). The molecule has 0 spiro atoms. The normalized spacial score (nSPS) is 11.9. The quantitative estimate of drug-likeness (QED) is 0.459. The van der Waals surface area contributed by atoms with Crippen molar-refractivity contribution in [3.8, 4) is 22.5 Å². The fraction of sp³-hybridized carbons (Fsp3) is 0.105. The molecule has 4 aromatic rings. The van der Waals surface area contributed by atoms with Crippen molar-refractivity contribution >= 4 is 17.1 Å². The molecule has 0 amide bonds. The molecule has 0 saturated carbocycles. The fourth-order valence-electron chi connectivity index (χ4n) is 2.95. The highest BCUT2D eigenvalue weighted by Gasteiger charge is 2.31. The van der Waals surface area contributed by atoms with E-state index in [4.69, 9.17) is 11.6 Å². The third-order valence-corrected chi connectivity index (χ3v) is 4.42. The number of aromatic nitrogens is 4. The zero-order valence-electron chi connectivity index (χ0n) is 14.0. The number of hydrogen-bond acceptors (Lipinski definition) is 3. The topological polar surface area (TPSA) is 43.1 Å². The molecule has 0 aliphatic rings. The molecule has 1 aromatic carbocycles. The van der Waals surface area contributed by atoms with E-state index < -0.39 is 11.7 Å². The van der Waals surface area contributed by atoms with Gasteiger partial charge in [0, 0.05) is 23.0 Å². The number of alkyl halides is 3. The zero-order valence-corrected chi connectivity index (χ0v) is 14.8. The van der Waals surface area contributed by atoms with E-state index >= 15 is 0 Å². The van der Waals surface area contributed by atoms with E-state index in [0.29, 0.717) is 33.1 Å². The summed E-state index contributed by atoms with van der Waals surface area (Å²) in [5.41, 5.74) is 2.95. The first-order valence-corrected chi connectivity index (χ1v) is 8.35. The van der Waals surface area contributed by atoms with Gasteiger partial charge < -0.3 is 0 Å². The minimum Gasteiger partial charge on any atom is -0.245 e. The molecule has 0 aliphatic carbocycles. The Morgan fingerprint density at radius 3 is 2.59 bits per heavy atom. The molecule has 3 aromatic heterocycles. The molecular formula is C19H12ClF3N4. The molecule has 8 heteroatoms. The van der Waals surface area contributed by atoms with E-state index in [0.717, 1.165) is 17.8 Å². The van der Waals surface area contributed by atoms with Gasteiger partial charge in [0.15, 0.2) is 0 Å². The third kappa shape index (κ3) is 3.14. The predicted octanol–water partition coefficient (Wildman–Crippen LogP) is 5.44. The van der Waals surface area contributed by atoms with Crippen LogP contribution in [0.3, 0.4) is 0 Å². The maximum Gasteiger partial charge on any atom is 0.417 e. The Kier molecular flexibility index (Phi) is 4.11. The molecule has 0 atom stereocenters. The Labute approximate surface area is 157 Å². The fourth-order valence-corrected chi connectivity index (χ4v) is 3.14. The lowest BCUT2D eigenvalue weighted by atomic mass is 10.0. The summed E-state index contributed by atoms with van der Waals surface area (Å²) < 4.78 is 40.6. The van der Waals surface area contributed by atoms with Crippen molar-refractivity contribution in [1.29, 1.82) is 0 Å². The van der Waals surface area contributed by atoms with Gasteiger partial charge in [0.25, 0.3) is 0 Å². The lowest BCUT2D eigenvalue weighted by molar-refractivity contribution is -0.137. The molecule has 0 aliphatic heterocycles. The highest BCUT2D eigenvalue weighted by atomic mass is 35.5. The van der Waals surface area contributed by atoms with Crippen LogP contribution in [0.1, 0.15) is 11.1 Å². The number of benzene rings is 1. The summed E-state index contributed by atoms with van der Waals surface area (Å²) in [6.45, 7) is 1.84. The summed E-state index contributed by atoms with van der Waals surface area (Å²) in [6.07, 6.45) is -0.430.